The first-order valence-corrected chi connectivity index (χ1v) is 5.89. The summed E-state index contributed by atoms with van der Waals surface area (Å²) in [6.07, 6.45) is 1.64. The molecule has 102 valence electrons. The minimum Gasteiger partial charge on any atom is -0.383 e. The van der Waals surface area contributed by atoms with Crippen molar-refractivity contribution in [3.63, 3.8) is 0 Å². The minimum atomic E-state index is -0.608. The Morgan fingerprint density at radius 2 is 2.00 bits per heavy atom. The molecule has 2 N–H and O–H groups in total. The topological polar surface area (TPSA) is 49.9 Å². The van der Waals surface area contributed by atoms with Crippen LogP contribution in [0.1, 0.15) is 5.56 Å². The minimum absolute atomic E-state index is 0.443. The Balaban J connectivity index is 2.14. The van der Waals surface area contributed by atoms with Gasteiger partial charge >= 0.3 is 0 Å². The molecule has 6 heteroatoms. The van der Waals surface area contributed by atoms with E-state index in [2.05, 4.69) is 15.5 Å². The molecule has 0 spiro atoms. The largest absolute Gasteiger partial charge is 0.383 e. The Labute approximate surface area is 109 Å². The van der Waals surface area contributed by atoms with Crippen LogP contribution in [0.2, 0.25) is 0 Å². The van der Waals surface area contributed by atoms with E-state index in [1.807, 2.05) is 0 Å². The number of methoxy groups -OCH3 is 1. The number of nitrogens with zero attached hydrogens (tertiary/aromatic N) is 1. The molecular formula is C13H15F2N3O. The predicted molar refractivity (Wildman–Crippen MR) is 67.5 cm³/mol. The monoisotopic (exact) mass is 267 g/mol. The van der Waals surface area contributed by atoms with Crippen molar-refractivity contribution in [2.24, 2.45) is 0 Å². The van der Waals surface area contributed by atoms with E-state index in [1.54, 1.807) is 13.3 Å². The molecule has 0 saturated heterocycles. The molecule has 1 heterocycles. The fourth-order valence-corrected chi connectivity index (χ4v) is 1.79. The lowest BCUT2D eigenvalue weighted by atomic mass is 10.1. The summed E-state index contributed by atoms with van der Waals surface area (Å²) in [4.78, 5) is 0. The Bertz CT molecular complexity index is 522. The Morgan fingerprint density at radius 1 is 1.26 bits per heavy atom. The molecule has 0 aliphatic heterocycles. The second kappa shape index (κ2) is 6.40. The molecule has 0 aliphatic carbocycles. The number of aromatic amines is 1. The summed E-state index contributed by atoms with van der Waals surface area (Å²) in [6, 6.07) is 3.39. The number of benzene rings is 1. The Kier molecular flexibility index (Phi) is 4.59. The van der Waals surface area contributed by atoms with Crippen LogP contribution in [0.5, 0.6) is 0 Å². The average molecular weight is 267 g/mol. The maximum Gasteiger partial charge on any atom is 0.126 e. The number of ether oxygens (including phenoxy) is 1. The number of rotatable bonds is 6. The van der Waals surface area contributed by atoms with E-state index in [9.17, 15) is 8.78 Å². The molecule has 2 rings (SSSR count). The molecule has 0 unspecified atom stereocenters. The first-order valence-electron chi connectivity index (χ1n) is 5.89. The van der Waals surface area contributed by atoms with Gasteiger partial charge < -0.3 is 10.1 Å². The van der Waals surface area contributed by atoms with Crippen molar-refractivity contribution in [1.82, 2.24) is 15.5 Å². The second-order valence-electron chi connectivity index (χ2n) is 4.10. The van der Waals surface area contributed by atoms with Crippen molar-refractivity contribution < 1.29 is 13.5 Å². The van der Waals surface area contributed by atoms with E-state index in [0.29, 0.717) is 31.0 Å². The van der Waals surface area contributed by atoms with Gasteiger partial charge in [-0.3, -0.25) is 5.10 Å². The number of aromatic nitrogens is 2. The van der Waals surface area contributed by atoms with Crippen molar-refractivity contribution in [3.8, 4) is 11.3 Å². The lowest BCUT2D eigenvalue weighted by Gasteiger charge is -2.06. The molecule has 0 aliphatic rings. The van der Waals surface area contributed by atoms with E-state index >= 15 is 0 Å². The van der Waals surface area contributed by atoms with Gasteiger partial charge in [-0.05, 0) is 12.1 Å². The van der Waals surface area contributed by atoms with Gasteiger partial charge in [-0.2, -0.15) is 5.10 Å². The summed E-state index contributed by atoms with van der Waals surface area (Å²) in [5.41, 5.74) is 1.91. The molecular weight excluding hydrogens is 252 g/mol. The highest BCUT2D eigenvalue weighted by Crippen LogP contribution is 2.22. The van der Waals surface area contributed by atoms with E-state index in [1.165, 1.54) is 12.1 Å². The molecule has 0 bridgehead atoms. The maximum atomic E-state index is 13.2. The third kappa shape index (κ3) is 3.59. The summed E-state index contributed by atoms with van der Waals surface area (Å²) in [7, 11) is 1.63. The smallest absolute Gasteiger partial charge is 0.126 e. The molecule has 19 heavy (non-hydrogen) atoms. The summed E-state index contributed by atoms with van der Waals surface area (Å²) in [6.45, 7) is 1.84. The lowest BCUT2D eigenvalue weighted by Crippen LogP contribution is -2.18. The second-order valence-corrected chi connectivity index (χ2v) is 4.10. The van der Waals surface area contributed by atoms with Gasteiger partial charge in [-0.25, -0.2) is 8.78 Å². The predicted octanol–water partition coefficient (Wildman–Crippen LogP) is 2.09. The van der Waals surface area contributed by atoms with Crippen LogP contribution in [0.3, 0.4) is 0 Å². The zero-order valence-electron chi connectivity index (χ0n) is 10.5. The third-order valence-electron chi connectivity index (χ3n) is 2.67. The summed E-state index contributed by atoms with van der Waals surface area (Å²) in [5, 5.41) is 9.83. The number of H-pyrrole nitrogens is 1. The first kappa shape index (κ1) is 13.6. The lowest BCUT2D eigenvalue weighted by molar-refractivity contribution is 0.199. The summed E-state index contributed by atoms with van der Waals surface area (Å²) < 4.78 is 31.3. The van der Waals surface area contributed by atoms with Crippen LogP contribution in [-0.2, 0) is 11.3 Å². The molecule has 0 radical (unpaired) electrons. The van der Waals surface area contributed by atoms with E-state index in [-0.39, 0.29) is 0 Å². The zero-order chi connectivity index (χ0) is 13.7. The van der Waals surface area contributed by atoms with E-state index in [0.717, 1.165) is 11.6 Å². The van der Waals surface area contributed by atoms with Gasteiger partial charge in [0.1, 0.15) is 11.6 Å². The summed E-state index contributed by atoms with van der Waals surface area (Å²) >= 11 is 0. The van der Waals surface area contributed by atoms with Crippen molar-refractivity contribution >= 4 is 0 Å². The van der Waals surface area contributed by atoms with Gasteiger partial charge in [-0.1, -0.05) is 0 Å². The molecule has 1 aromatic carbocycles. The SMILES string of the molecule is COCCNCc1cn[nH]c1-c1cc(F)cc(F)c1. The highest BCUT2D eigenvalue weighted by Gasteiger charge is 2.10. The third-order valence-corrected chi connectivity index (χ3v) is 2.67. The number of halogens is 2. The molecule has 4 nitrogen and oxygen atoms in total. The van der Waals surface area contributed by atoms with Crippen LogP contribution in [0, 0.1) is 11.6 Å². The number of nitrogens with one attached hydrogen (secondary N) is 2. The maximum absolute atomic E-state index is 13.2. The Morgan fingerprint density at radius 3 is 2.68 bits per heavy atom. The number of hydrogen-bond acceptors (Lipinski definition) is 3. The van der Waals surface area contributed by atoms with Crippen molar-refractivity contribution in [1.29, 1.82) is 0 Å². The van der Waals surface area contributed by atoms with Gasteiger partial charge in [0.25, 0.3) is 0 Å². The van der Waals surface area contributed by atoms with Gasteiger partial charge in [0.15, 0.2) is 0 Å². The van der Waals surface area contributed by atoms with Crippen LogP contribution in [-0.4, -0.2) is 30.5 Å². The molecule has 1 aromatic heterocycles. The van der Waals surface area contributed by atoms with Crippen LogP contribution in [0.4, 0.5) is 8.78 Å². The highest BCUT2D eigenvalue weighted by molar-refractivity contribution is 5.62. The zero-order valence-corrected chi connectivity index (χ0v) is 10.5. The normalized spacial score (nSPS) is 10.9. The Hall–Kier alpha value is -1.79. The van der Waals surface area contributed by atoms with E-state index < -0.39 is 11.6 Å². The van der Waals surface area contributed by atoms with Crippen molar-refractivity contribution in [2.75, 3.05) is 20.3 Å². The highest BCUT2D eigenvalue weighted by atomic mass is 19.1. The summed E-state index contributed by atoms with van der Waals surface area (Å²) in [5.74, 6) is -1.22. The van der Waals surface area contributed by atoms with E-state index in [4.69, 9.17) is 4.74 Å². The quantitative estimate of drug-likeness (QED) is 0.788. The van der Waals surface area contributed by atoms with Gasteiger partial charge in [-0.15, -0.1) is 0 Å². The molecule has 2 aromatic rings. The van der Waals surface area contributed by atoms with Gasteiger partial charge in [0, 0.05) is 37.4 Å². The molecule has 0 fully saturated rings. The van der Waals surface area contributed by atoms with Crippen LogP contribution < -0.4 is 5.32 Å². The molecule has 0 atom stereocenters. The first-order chi connectivity index (χ1) is 9.20. The molecule has 0 saturated carbocycles. The van der Waals surface area contributed by atoms with Gasteiger partial charge in [0.2, 0.25) is 0 Å². The van der Waals surface area contributed by atoms with Gasteiger partial charge in [0.05, 0.1) is 18.5 Å². The number of hydrogen-bond donors (Lipinski definition) is 2. The van der Waals surface area contributed by atoms with Crippen molar-refractivity contribution in [3.05, 3.63) is 41.6 Å². The van der Waals surface area contributed by atoms with Crippen molar-refractivity contribution in [2.45, 2.75) is 6.54 Å². The van der Waals surface area contributed by atoms with Crippen LogP contribution >= 0.6 is 0 Å². The average Bonchev–Trinajstić information content (AvgIpc) is 2.82. The molecule has 0 amide bonds. The fourth-order valence-electron chi connectivity index (χ4n) is 1.79. The van der Waals surface area contributed by atoms with Crippen LogP contribution in [0.15, 0.2) is 24.4 Å². The fraction of sp³-hybridized carbons (Fsp3) is 0.308. The standard InChI is InChI=1S/C13H15F2N3O/c1-19-3-2-16-7-10-8-17-18-13(10)9-4-11(14)6-12(15)5-9/h4-6,8,16H,2-3,7H2,1H3,(H,17,18). The van der Waals surface area contributed by atoms with Crippen LogP contribution in [0.25, 0.3) is 11.3 Å².